The molecule has 27 heavy (non-hydrogen) atoms. The highest BCUT2D eigenvalue weighted by atomic mass is 19.1. The van der Waals surface area contributed by atoms with Gasteiger partial charge in [0.1, 0.15) is 5.82 Å². The van der Waals surface area contributed by atoms with Crippen LogP contribution in [0.2, 0.25) is 0 Å². The Morgan fingerprint density at radius 3 is 2.67 bits per heavy atom. The van der Waals surface area contributed by atoms with Crippen molar-refractivity contribution in [3.8, 4) is 11.3 Å². The van der Waals surface area contributed by atoms with Crippen molar-refractivity contribution >= 4 is 5.91 Å². The third kappa shape index (κ3) is 6.79. The number of carbonyl (C=O) groups is 1. The van der Waals surface area contributed by atoms with Gasteiger partial charge in [-0.3, -0.25) is 14.8 Å². The van der Waals surface area contributed by atoms with Crippen LogP contribution in [0.5, 0.6) is 0 Å². The van der Waals surface area contributed by atoms with Crippen LogP contribution in [0.4, 0.5) is 4.39 Å². The first-order valence-corrected chi connectivity index (χ1v) is 9.61. The Bertz CT molecular complexity index is 728. The minimum atomic E-state index is -0.254. The fraction of sp³-hybridized carbons (Fsp3) is 0.524. The van der Waals surface area contributed by atoms with Gasteiger partial charge in [0.25, 0.3) is 0 Å². The van der Waals surface area contributed by atoms with Crippen LogP contribution in [0.3, 0.4) is 0 Å². The van der Waals surface area contributed by atoms with Crippen molar-refractivity contribution in [2.24, 2.45) is 0 Å². The number of amides is 1. The number of aromatic amines is 1. The lowest BCUT2D eigenvalue weighted by Gasteiger charge is -2.24. The lowest BCUT2D eigenvalue weighted by atomic mass is 10.1. The zero-order valence-electron chi connectivity index (χ0n) is 16.8. The van der Waals surface area contributed by atoms with Crippen molar-refractivity contribution in [2.75, 3.05) is 27.2 Å². The minimum absolute atomic E-state index is 0.166. The fourth-order valence-corrected chi connectivity index (χ4v) is 2.77. The third-order valence-electron chi connectivity index (χ3n) is 4.88. The van der Waals surface area contributed by atoms with E-state index in [1.807, 2.05) is 36.0 Å². The highest BCUT2D eigenvalue weighted by molar-refractivity contribution is 5.77. The summed E-state index contributed by atoms with van der Waals surface area (Å²) >= 11 is 0. The molecule has 0 spiro atoms. The molecular formula is C21H31FN4O. The third-order valence-corrected chi connectivity index (χ3v) is 4.88. The maximum atomic E-state index is 13.3. The molecular weight excluding hydrogens is 343 g/mol. The molecule has 1 N–H and O–H groups in total. The van der Waals surface area contributed by atoms with Crippen LogP contribution in [-0.4, -0.2) is 59.1 Å². The monoisotopic (exact) mass is 374 g/mol. The number of unbranched alkanes of at least 4 members (excludes halogenated alkanes) is 2. The van der Waals surface area contributed by atoms with Gasteiger partial charge in [-0.25, -0.2) is 4.39 Å². The maximum Gasteiger partial charge on any atom is 0.236 e. The molecule has 1 aromatic carbocycles. The number of likely N-dealkylation sites (N-methyl/N-ethyl adjacent to an activating group) is 2. The van der Waals surface area contributed by atoms with Gasteiger partial charge in [-0.15, -0.1) is 0 Å². The molecule has 1 amide bonds. The second kappa shape index (κ2) is 10.2. The van der Waals surface area contributed by atoms with Crippen LogP contribution in [0, 0.1) is 5.82 Å². The summed E-state index contributed by atoms with van der Waals surface area (Å²) in [5.74, 6) is -0.0881. The van der Waals surface area contributed by atoms with Crippen molar-refractivity contribution in [3.05, 3.63) is 41.8 Å². The van der Waals surface area contributed by atoms with Crippen LogP contribution in [0.15, 0.2) is 30.3 Å². The lowest BCUT2D eigenvalue weighted by molar-refractivity contribution is -0.131. The summed E-state index contributed by atoms with van der Waals surface area (Å²) in [4.78, 5) is 16.0. The number of nitrogens with one attached hydrogen (secondary N) is 1. The van der Waals surface area contributed by atoms with Gasteiger partial charge in [0.05, 0.1) is 12.2 Å². The van der Waals surface area contributed by atoms with Crippen LogP contribution in [0.1, 0.15) is 38.8 Å². The van der Waals surface area contributed by atoms with Gasteiger partial charge in [0.15, 0.2) is 0 Å². The van der Waals surface area contributed by atoms with Crippen molar-refractivity contribution in [1.29, 1.82) is 0 Å². The van der Waals surface area contributed by atoms with Crippen molar-refractivity contribution in [2.45, 2.75) is 45.6 Å². The van der Waals surface area contributed by atoms with Crippen LogP contribution >= 0.6 is 0 Å². The molecule has 2 aromatic rings. The number of nitrogens with zero attached hydrogens (tertiary/aromatic N) is 3. The summed E-state index contributed by atoms with van der Waals surface area (Å²) in [6.07, 6.45) is 3.96. The Balaban J connectivity index is 1.68. The Morgan fingerprint density at radius 1 is 1.19 bits per heavy atom. The van der Waals surface area contributed by atoms with E-state index < -0.39 is 0 Å². The zero-order chi connectivity index (χ0) is 19.8. The van der Waals surface area contributed by atoms with Crippen molar-refractivity contribution in [3.63, 3.8) is 0 Å². The Kier molecular flexibility index (Phi) is 7.98. The Morgan fingerprint density at radius 2 is 1.96 bits per heavy atom. The minimum Gasteiger partial charge on any atom is -0.345 e. The van der Waals surface area contributed by atoms with Crippen LogP contribution < -0.4 is 0 Å². The summed E-state index contributed by atoms with van der Waals surface area (Å²) in [6, 6.07) is 8.81. The van der Waals surface area contributed by atoms with E-state index in [2.05, 4.69) is 24.0 Å². The molecule has 0 saturated carbocycles. The molecule has 6 heteroatoms. The number of aryl methyl sites for hydroxylation is 1. The zero-order valence-corrected chi connectivity index (χ0v) is 16.8. The fourth-order valence-electron chi connectivity index (χ4n) is 2.77. The second-order valence-corrected chi connectivity index (χ2v) is 7.42. The molecule has 0 fully saturated rings. The number of H-pyrrole nitrogens is 1. The normalized spacial score (nSPS) is 11.4. The second-order valence-electron chi connectivity index (χ2n) is 7.42. The van der Waals surface area contributed by atoms with Gasteiger partial charge in [-0.2, -0.15) is 5.10 Å². The van der Waals surface area contributed by atoms with E-state index in [0.717, 1.165) is 49.2 Å². The largest absolute Gasteiger partial charge is 0.345 e. The van der Waals surface area contributed by atoms with Gasteiger partial charge >= 0.3 is 0 Å². The predicted molar refractivity (Wildman–Crippen MR) is 107 cm³/mol. The molecule has 0 bridgehead atoms. The van der Waals surface area contributed by atoms with E-state index in [4.69, 9.17) is 0 Å². The Labute approximate surface area is 161 Å². The van der Waals surface area contributed by atoms with Crippen molar-refractivity contribution in [1.82, 2.24) is 20.0 Å². The number of hydrogen-bond donors (Lipinski definition) is 1. The molecule has 0 aliphatic heterocycles. The van der Waals surface area contributed by atoms with Gasteiger partial charge in [-0.05, 0) is 58.4 Å². The first kappa shape index (κ1) is 21.1. The molecule has 0 aliphatic rings. The van der Waals surface area contributed by atoms with Gasteiger partial charge < -0.3 is 4.90 Å². The average molecular weight is 375 g/mol. The molecule has 5 nitrogen and oxygen atoms in total. The summed E-state index contributed by atoms with van der Waals surface area (Å²) in [6.45, 7) is 5.42. The molecule has 0 aliphatic carbocycles. The standard InChI is InChI=1S/C21H31FN4O/c1-16(2)26(4)15-21(27)25(3)12-7-5-6-11-19-14-20(24-23-19)17-9-8-10-18(22)13-17/h8-10,13-14,16H,5-7,11-12,15H2,1-4H3,(H,23,24). The van der Waals surface area contributed by atoms with E-state index >= 15 is 0 Å². The quantitative estimate of drug-likeness (QED) is 0.645. The van der Waals surface area contributed by atoms with Gasteiger partial charge in [0, 0.05) is 30.9 Å². The first-order chi connectivity index (χ1) is 12.9. The topological polar surface area (TPSA) is 52.2 Å². The van der Waals surface area contributed by atoms with E-state index in [-0.39, 0.29) is 11.7 Å². The van der Waals surface area contributed by atoms with Crippen molar-refractivity contribution < 1.29 is 9.18 Å². The number of carbonyl (C=O) groups excluding carboxylic acids is 1. The number of hydrogen-bond acceptors (Lipinski definition) is 3. The molecule has 0 saturated heterocycles. The average Bonchev–Trinajstić information content (AvgIpc) is 3.10. The number of rotatable bonds is 10. The lowest BCUT2D eigenvalue weighted by Crippen LogP contribution is -2.39. The smallest absolute Gasteiger partial charge is 0.236 e. The summed E-state index contributed by atoms with van der Waals surface area (Å²) in [7, 11) is 3.84. The Hall–Kier alpha value is -2.21. The maximum absolute atomic E-state index is 13.3. The van der Waals surface area contributed by atoms with E-state index in [0.29, 0.717) is 12.6 Å². The summed E-state index contributed by atoms with van der Waals surface area (Å²) < 4.78 is 13.3. The van der Waals surface area contributed by atoms with Crippen LogP contribution in [-0.2, 0) is 11.2 Å². The SMILES string of the molecule is CC(C)N(C)CC(=O)N(C)CCCCCc1cc(-c2cccc(F)c2)n[nH]1. The first-order valence-electron chi connectivity index (χ1n) is 9.61. The van der Waals surface area contributed by atoms with Gasteiger partial charge in [0.2, 0.25) is 5.91 Å². The van der Waals surface area contributed by atoms with E-state index in [1.54, 1.807) is 6.07 Å². The molecule has 1 aromatic heterocycles. The highest BCUT2D eigenvalue weighted by Crippen LogP contribution is 2.19. The molecule has 2 rings (SSSR count). The molecule has 0 atom stereocenters. The van der Waals surface area contributed by atoms with E-state index in [9.17, 15) is 9.18 Å². The van der Waals surface area contributed by atoms with E-state index in [1.165, 1.54) is 12.1 Å². The molecule has 148 valence electrons. The predicted octanol–water partition coefficient (Wildman–Crippen LogP) is 3.73. The molecule has 1 heterocycles. The highest BCUT2D eigenvalue weighted by Gasteiger charge is 2.13. The molecule has 0 radical (unpaired) electrons. The van der Waals surface area contributed by atoms with Gasteiger partial charge in [-0.1, -0.05) is 18.6 Å². The number of aromatic nitrogens is 2. The molecule has 0 unspecified atom stereocenters. The summed E-state index contributed by atoms with van der Waals surface area (Å²) in [5, 5.41) is 7.30. The van der Waals surface area contributed by atoms with Crippen LogP contribution in [0.25, 0.3) is 11.3 Å². The summed E-state index contributed by atoms with van der Waals surface area (Å²) in [5.41, 5.74) is 2.60. The number of halogens is 1. The number of benzene rings is 1.